The normalized spacial score (nSPS) is 16.8. The van der Waals surface area contributed by atoms with Gasteiger partial charge in [0.25, 0.3) is 0 Å². The van der Waals surface area contributed by atoms with Gasteiger partial charge in [0.1, 0.15) is 0 Å². The van der Waals surface area contributed by atoms with Gasteiger partial charge in [-0.3, -0.25) is 4.99 Å². The van der Waals surface area contributed by atoms with Crippen LogP contribution in [0, 0.1) is 0 Å². The number of rotatable bonds is 7. The third-order valence-corrected chi connectivity index (χ3v) is 4.24. The Morgan fingerprint density at radius 1 is 1.37 bits per heavy atom. The topological polar surface area (TPSA) is 84.6 Å². The molecule has 0 bridgehead atoms. The minimum absolute atomic E-state index is 0. The molecule has 0 amide bonds. The average molecular weight is 506 g/mol. The molecule has 0 saturated carbocycles. The van der Waals surface area contributed by atoms with E-state index in [1.54, 1.807) is 0 Å². The molecule has 1 atom stereocenters. The molecule has 0 aliphatic carbocycles. The monoisotopic (exact) mass is 505 g/mol. The Morgan fingerprint density at radius 3 is 3.00 bits per heavy atom. The fraction of sp³-hybridized carbons (Fsp3) is 0.500. The van der Waals surface area contributed by atoms with E-state index in [-0.39, 0.29) is 30.1 Å². The Bertz CT molecular complexity index is 734. The SMILES string of the molecule is CCNC(=NCC1CCCO1)NCCc1nc(-c2cccc(Cl)c2)no1.I. The van der Waals surface area contributed by atoms with Crippen molar-refractivity contribution in [2.24, 2.45) is 4.99 Å². The molecule has 1 aromatic heterocycles. The van der Waals surface area contributed by atoms with Gasteiger partial charge in [0.05, 0.1) is 12.6 Å². The van der Waals surface area contributed by atoms with E-state index in [1.807, 2.05) is 31.2 Å². The highest BCUT2D eigenvalue weighted by Crippen LogP contribution is 2.19. The first kappa shape index (κ1) is 21.9. The maximum atomic E-state index is 6.00. The van der Waals surface area contributed by atoms with E-state index in [0.717, 1.165) is 37.5 Å². The van der Waals surface area contributed by atoms with Crippen LogP contribution in [0.3, 0.4) is 0 Å². The van der Waals surface area contributed by atoms with Gasteiger partial charge in [-0.05, 0) is 31.9 Å². The van der Waals surface area contributed by atoms with Crippen molar-refractivity contribution in [3.63, 3.8) is 0 Å². The van der Waals surface area contributed by atoms with E-state index in [2.05, 4.69) is 25.8 Å². The molecule has 1 fully saturated rings. The summed E-state index contributed by atoms with van der Waals surface area (Å²) in [7, 11) is 0. The van der Waals surface area contributed by atoms with Crippen LogP contribution in [0.1, 0.15) is 25.7 Å². The van der Waals surface area contributed by atoms with E-state index < -0.39 is 0 Å². The summed E-state index contributed by atoms with van der Waals surface area (Å²) >= 11 is 6.00. The summed E-state index contributed by atoms with van der Waals surface area (Å²) in [6.45, 7) is 5.01. The highest BCUT2D eigenvalue weighted by Gasteiger charge is 2.15. The van der Waals surface area contributed by atoms with Crippen LogP contribution in [-0.4, -0.2) is 48.4 Å². The van der Waals surface area contributed by atoms with Crippen molar-refractivity contribution in [2.45, 2.75) is 32.3 Å². The smallest absolute Gasteiger partial charge is 0.228 e. The molecule has 7 nitrogen and oxygen atoms in total. The van der Waals surface area contributed by atoms with Crippen LogP contribution in [-0.2, 0) is 11.2 Å². The van der Waals surface area contributed by atoms with Crippen molar-refractivity contribution >= 4 is 41.5 Å². The quantitative estimate of drug-likeness (QED) is 0.341. The van der Waals surface area contributed by atoms with Crippen molar-refractivity contribution in [1.29, 1.82) is 0 Å². The first-order chi connectivity index (χ1) is 12.7. The zero-order valence-electron chi connectivity index (χ0n) is 15.3. The lowest BCUT2D eigenvalue weighted by Crippen LogP contribution is -2.39. The lowest BCUT2D eigenvalue weighted by molar-refractivity contribution is 0.117. The lowest BCUT2D eigenvalue weighted by Gasteiger charge is -2.12. The molecule has 1 aliphatic heterocycles. The summed E-state index contributed by atoms with van der Waals surface area (Å²) in [5.74, 6) is 1.89. The Hall–Kier alpha value is -1.39. The van der Waals surface area contributed by atoms with Crippen molar-refractivity contribution in [3.05, 3.63) is 35.2 Å². The molecular weight excluding hydrogens is 481 g/mol. The Labute approximate surface area is 181 Å². The standard InChI is InChI=1S/C18H24ClN5O2.HI/c1-2-20-18(22-12-15-7-4-10-25-15)21-9-8-16-23-17(24-26-16)13-5-3-6-14(19)11-13;/h3,5-6,11,15H,2,4,7-10,12H2,1H3,(H2,20,21,22);1H. The maximum Gasteiger partial charge on any atom is 0.228 e. The van der Waals surface area contributed by atoms with E-state index in [9.17, 15) is 0 Å². The Balaban J connectivity index is 0.00000261. The molecule has 2 aromatic rings. The van der Waals surface area contributed by atoms with E-state index in [1.165, 1.54) is 0 Å². The highest BCUT2D eigenvalue weighted by molar-refractivity contribution is 14.0. The predicted molar refractivity (Wildman–Crippen MR) is 117 cm³/mol. The number of aromatic nitrogens is 2. The van der Waals surface area contributed by atoms with E-state index in [4.69, 9.17) is 20.9 Å². The average Bonchev–Trinajstić information content (AvgIpc) is 3.32. The van der Waals surface area contributed by atoms with Crippen LogP contribution in [0.4, 0.5) is 0 Å². The molecule has 3 rings (SSSR count). The van der Waals surface area contributed by atoms with Gasteiger partial charge in [-0.15, -0.1) is 24.0 Å². The largest absolute Gasteiger partial charge is 0.376 e. The summed E-state index contributed by atoms with van der Waals surface area (Å²) in [6, 6.07) is 7.39. The molecule has 9 heteroatoms. The summed E-state index contributed by atoms with van der Waals surface area (Å²) < 4.78 is 10.9. The molecule has 2 heterocycles. The van der Waals surface area contributed by atoms with Gasteiger partial charge in [-0.25, -0.2) is 0 Å². The molecule has 27 heavy (non-hydrogen) atoms. The molecule has 0 spiro atoms. The summed E-state index contributed by atoms with van der Waals surface area (Å²) in [6.07, 6.45) is 3.05. The van der Waals surface area contributed by atoms with Crippen LogP contribution in [0.2, 0.25) is 5.02 Å². The number of nitrogens with zero attached hydrogens (tertiary/aromatic N) is 3. The molecule has 1 saturated heterocycles. The minimum atomic E-state index is 0. The molecule has 0 radical (unpaired) electrons. The van der Waals surface area contributed by atoms with Gasteiger partial charge < -0.3 is 19.9 Å². The molecule has 1 unspecified atom stereocenters. The second-order valence-corrected chi connectivity index (χ2v) is 6.49. The van der Waals surface area contributed by atoms with E-state index in [0.29, 0.717) is 36.2 Å². The summed E-state index contributed by atoms with van der Waals surface area (Å²) in [4.78, 5) is 8.99. The Kier molecular flexibility index (Phi) is 9.29. The molecule has 1 aromatic carbocycles. The van der Waals surface area contributed by atoms with Crippen LogP contribution in [0.25, 0.3) is 11.4 Å². The van der Waals surface area contributed by atoms with Crippen LogP contribution in [0.15, 0.2) is 33.8 Å². The molecule has 2 N–H and O–H groups in total. The Morgan fingerprint density at radius 2 is 2.26 bits per heavy atom. The fourth-order valence-corrected chi connectivity index (χ4v) is 2.90. The summed E-state index contributed by atoms with van der Waals surface area (Å²) in [5, 5.41) is 11.2. The number of hydrogen-bond acceptors (Lipinski definition) is 5. The third kappa shape index (κ3) is 6.93. The van der Waals surface area contributed by atoms with Crippen molar-refractivity contribution in [1.82, 2.24) is 20.8 Å². The molecule has 1 aliphatic rings. The fourth-order valence-electron chi connectivity index (χ4n) is 2.71. The van der Waals surface area contributed by atoms with Crippen LogP contribution >= 0.6 is 35.6 Å². The number of benzene rings is 1. The van der Waals surface area contributed by atoms with Crippen molar-refractivity contribution < 1.29 is 9.26 Å². The highest BCUT2D eigenvalue weighted by atomic mass is 127. The van der Waals surface area contributed by atoms with Crippen molar-refractivity contribution in [2.75, 3.05) is 26.2 Å². The van der Waals surface area contributed by atoms with Crippen molar-refractivity contribution in [3.8, 4) is 11.4 Å². The van der Waals surface area contributed by atoms with E-state index >= 15 is 0 Å². The van der Waals surface area contributed by atoms with Crippen LogP contribution < -0.4 is 10.6 Å². The minimum Gasteiger partial charge on any atom is -0.376 e. The predicted octanol–water partition coefficient (Wildman–Crippen LogP) is 3.28. The zero-order valence-corrected chi connectivity index (χ0v) is 18.4. The number of ether oxygens (including phenoxy) is 1. The molecule has 148 valence electrons. The van der Waals surface area contributed by atoms with Gasteiger partial charge in [0, 0.05) is 36.7 Å². The zero-order chi connectivity index (χ0) is 18.2. The number of halogens is 2. The van der Waals surface area contributed by atoms with Crippen LogP contribution in [0.5, 0.6) is 0 Å². The maximum absolute atomic E-state index is 6.00. The van der Waals surface area contributed by atoms with Gasteiger partial charge in [-0.1, -0.05) is 28.9 Å². The van der Waals surface area contributed by atoms with Gasteiger partial charge in [0.2, 0.25) is 11.7 Å². The van der Waals surface area contributed by atoms with Gasteiger partial charge in [0.15, 0.2) is 5.96 Å². The van der Waals surface area contributed by atoms with Gasteiger partial charge >= 0.3 is 0 Å². The number of aliphatic imine (C=N–C) groups is 1. The second-order valence-electron chi connectivity index (χ2n) is 6.05. The number of nitrogens with one attached hydrogen (secondary N) is 2. The summed E-state index contributed by atoms with van der Waals surface area (Å²) in [5.41, 5.74) is 0.840. The first-order valence-corrected chi connectivity index (χ1v) is 9.34. The first-order valence-electron chi connectivity index (χ1n) is 8.97. The van der Waals surface area contributed by atoms with Gasteiger partial charge in [-0.2, -0.15) is 4.98 Å². The molecular formula is C18H25ClIN5O2. The number of hydrogen-bond donors (Lipinski definition) is 2. The lowest BCUT2D eigenvalue weighted by atomic mass is 10.2. The number of guanidine groups is 1. The second kappa shape index (κ2) is 11.5. The third-order valence-electron chi connectivity index (χ3n) is 4.00.